The lowest BCUT2D eigenvalue weighted by atomic mass is 9.94. The highest BCUT2D eigenvalue weighted by Gasteiger charge is 2.52. The molecule has 5 amide bonds. The average Bonchev–Trinajstić information content (AvgIpc) is 3.13. The minimum atomic E-state index is -5.05. The van der Waals surface area contributed by atoms with Crippen LogP contribution < -0.4 is 31.3 Å². The number of alkyl halides is 5. The predicted octanol–water partition coefficient (Wildman–Crippen LogP) is 3.08. The Kier molecular flexibility index (Phi) is 15.0. The van der Waals surface area contributed by atoms with Crippen LogP contribution in [0.3, 0.4) is 0 Å². The number of carbonyl (C=O) groups excluding carboxylic acids is 6. The number of methoxy groups -OCH3 is 1. The number of benzene rings is 2. The van der Waals surface area contributed by atoms with Gasteiger partial charge >= 0.3 is 12.1 Å². The highest BCUT2D eigenvalue weighted by Crippen LogP contribution is 2.24. The molecule has 0 aliphatic rings. The van der Waals surface area contributed by atoms with Gasteiger partial charge in [0.15, 0.2) is 0 Å². The lowest BCUT2D eigenvalue weighted by molar-refractivity contribution is -0.165. The summed E-state index contributed by atoms with van der Waals surface area (Å²) in [6.45, 7) is -0.268. The number of aromatic nitrogens is 1. The lowest BCUT2D eigenvalue weighted by Gasteiger charge is -2.28. The number of halogens is 6. The van der Waals surface area contributed by atoms with Gasteiger partial charge in [0.05, 0.1) is 19.7 Å². The highest BCUT2D eigenvalue weighted by molar-refractivity contribution is 6.30. The zero-order chi connectivity index (χ0) is 40.2. The molecule has 3 atom stereocenters. The molecule has 0 aliphatic carbocycles. The molecule has 0 fully saturated rings. The fraction of sp³-hybridized carbons (Fsp3) is 0.343. The zero-order valence-corrected chi connectivity index (χ0v) is 29.7. The Morgan fingerprint density at radius 3 is 2.09 bits per heavy atom. The Balaban J connectivity index is 1.91. The Morgan fingerprint density at radius 1 is 0.833 bits per heavy atom. The number of hydrogen-bond acceptors (Lipinski definition) is 8. The maximum absolute atomic E-state index is 14.9. The molecule has 3 rings (SSSR count). The first-order valence-corrected chi connectivity index (χ1v) is 16.4. The van der Waals surface area contributed by atoms with Crippen LogP contribution in [0.1, 0.15) is 41.5 Å². The van der Waals surface area contributed by atoms with Crippen molar-refractivity contribution in [3.63, 3.8) is 0 Å². The summed E-state index contributed by atoms with van der Waals surface area (Å²) in [5.41, 5.74) is 0.522. The number of Topliss-reactive ketones (excluding diaryl/α,β-unsaturated/α-hetero) is 1. The minimum Gasteiger partial charge on any atom is -0.497 e. The van der Waals surface area contributed by atoms with Gasteiger partial charge in [0.2, 0.25) is 23.5 Å². The number of ketones is 1. The maximum atomic E-state index is 14.9. The van der Waals surface area contributed by atoms with E-state index in [4.69, 9.17) is 16.3 Å². The van der Waals surface area contributed by atoms with Crippen molar-refractivity contribution in [3.8, 4) is 5.75 Å². The van der Waals surface area contributed by atoms with E-state index in [0.29, 0.717) is 16.3 Å². The zero-order valence-electron chi connectivity index (χ0n) is 28.9. The van der Waals surface area contributed by atoms with E-state index >= 15 is 0 Å². The molecule has 0 bridgehead atoms. The molecule has 0 saturated heterocycles. The normalized spacial score (nSPS) is 13.1. The fourth-order valence-electron chi connectivity index (χ4n) is 4.81. The minimum absolute atomic E-state index is 0.0183. The van der Waals surface area contributed by atoms with E-state index in [1.54, 1.807) is 30.3 Å². The molecule has 290 valence electrons. The number of pyridine rings is 1. The Bertz CT molecular complexity index is 1810. The summed E-state index contributed by atoms with van der Waals surface area (Å²) >= 11 is 6.12. The van der Waals surface area contributed by atoms with Gasteiger partial charge in [0.1, 0.15) is 30.1 Å². The second kappa shape index (κ2) is 18.9. The van der Waals surface area contributed by atoms with Crippen molar-refractivity contribution in [2.45, 2.75) is 50.5 Å². The summed E-state index contributed by atoms with van der Waals surface area (Å²) in [7, 11) is 1.35. The van der Waals surface area contributed by atoms with Crippen LogP contribution in [0.5, 0.6) is 5.75 Å². The van der Waals surface area contributed by atoms with Crippen molar-refractivity contribution >= 4 is 46.9 Å². The topological polar surface area (TPSA) is 185 Å². The number of carbonyl (C=O) groups is 6. The van der Waals surface area contributed by atoms with Gasteiger partial charge in [0, 0.05) is 17.6 Å². The third-order valence-corrected chi connectivity index (χ3v) is 7.81. The van der Waals surface area contributed by atoms with E-state index < -0.39 is 84.6 Å². The van der Waals surface area contributed by atoms with E-state index in [-0.39, 0.29) is 17.7 Å². The molecule has 1 aromatic heterocycles. The number of nitrogens with one attached hydrogen (secondary N) is 5. The standard InChI is InChI=1S/C35H36ClF5N6O7/c1-19(2)27(29(49)35(40,41)33(53)44-18-34(37,38)39)46-32(52)28(21-10-12-23(54-3)13-11-21)47-31(51)25(16-20-7-6-8-22(36)15-20)45-26(48)17-43-30(50)24-9-4-5-14-42-24/h4-15,19,25,27-28H,16-18H2,1-3H3,(H,43,50)(H,44,53)(H,45,48)(H,46,52)(H,47,51). The molecule has 0 saturated carbocycles. The van der Waals surface area contributed by atoms with Gasteiger partial charge < -0.3 is 31.3 Å². The van der Waals surface area contributed by atoms with E-state index in [2.05, 4.69) is 26.3 Å². The summed E-state index contributed by atoms with van der Waals surface area (Å²) < 4.78 is 72.6. The molecule has 2 aromatic carbocycles. The fourth-order valence-corrected chi connectivity index (χ4v) is 5.03. The van der Waals surface area contributed by atoms with Crippen molar-refractivity contribution in [2.24, 2.45) is 5.92 Å². The van der Waals surface area contributed by atoms with Gasteiger partial charge in [0.25, 0.3) is 11.8 Å². The average molecular weight is 783 g/mol. The Morgan fingerprint density at radius 2 is 1.52 bits per heavy atom. The van der Waals surface area contributed by atoms with Gasteiger partial charge in [-0.1, -0.05) is 55.8 Å². The van der Waals surface area contributed by atoms with Crippen LogP contribution in [0.15, 0.2) is 72.9 Å². The predicted molar refractivity (Wildman–Crippen MR) is 183 cm³/mol. The molecule has 5 N–H and O–H groups in total. The molecular weight excluding hydrogens is 747 g/mol. The third kappa shape index (κ3) is 12.5. The highest BCUT2D eigenvalue weighted by atomic mass is 35.5. The van der Waals surface area contributed by atoms with Crippen LogP contribution in [-0.4, -0.2) is 84.7 Å². The van der Waals surface area contributed by atoms with Crippen LogP contribution in [0.25, 0.3) is 0 Å². The van der Waals surface area contributed by atoms with Crippen LogP contribution in [-0.2, 0) is 30.4 Å². The second-order valence-electron chi connectivity index (χ2n) is 12.0. The van der Waals surface area contributed by atoms with Gasteiger partial charge in [-0.3, -0.25) is 33.8 Å². The van der Waals surface area contributed by atoms with E-state index in [9.17, 15) is 50.7 Å². The third-order valence-electron chi connectivity index (χ3n) is 7.58. The van der Waals surface area contributed by atoms with E-state index in [1.807, 2.05) is 0 Å². The van der Waals surface area contributed by atoms with Crippen molar-refractivity contribution in [1.82, 2.24) is 31.6 Å². The first-order chi connectivity index (χ1) is 25.3. The van der Waals surface area contributed by atoms with Crippen molar-refractivity contribution in [3.05, 3.63) is 94.8 Å². The number of hydrogen-bond donors (Lipinski definition) is 5. The number of amides is 5. The quantitative estimate of drug-likeness (QED) is 0.102. The van der Waals surface area contributed by atoms with E-state index in [0.717, 1.165) is 5.32 Å². The van der Waals surface area contributed by atoms with Crippen LogP contribution >= 0.6 is 11.6 Å². The molecule has 0 spiro atoms. The molecule has 3 unspecified atom stereocenters. The van der Waals surface area contributed by atoms with Crippen molar-refractivity contribution in [1.29, 1.82) is 0 Å². The monoisotopic (exact) mass is 782 g/mol. The Labute approximate surface area is 310 Å². The number of rotatable bonds is 17. The summed E-state index contributed by atoms with van der Waals surface area (Å²) in [5.74, 6) is -14.3. The van der Waals surface area contributed by atoms with Gasteiger partial charge in [-0.2, -0.15) is 22.0 Å². The summed E-state index contributed by atoms with van der Waals surface area (Å²) in [5, 5.41) is 10.6. The van der Waals surface area contributed by atoms with Gasteiger partial charge in [-0.25, -0.2) is 0 Å². The molecule has 13 nitrogen and oxygen atoms in total. The molecule has 1 heterocycles. The van der Waals surface area contributed by atoms with Gasteiger partial charge in [-0.15, -0.1) is 0 Å². The van der Waals surface area contributed by atoms with Crippen LogP contribution in [0.2, 0.25) is 5.02 Å². The summed E-state index contributed by atoms with van der Waals surface area (Å²) in [6, 6.07) is 11.0. The van der Waals surface area contributed by atoms with Gasteiger partial charge in [-0.05, 0) is 53.4 Å². The molecule has 19 heteroatoms. The second-order valence-corrected chi connectivity index (χ2v) is 12.5. The molecule has 0 aliphatic heterocycles. The van der Waals surface area contributed by atoms with Crippen LogP contribution in [0.4, 0.5) is 22.0 Å². The Hall–Kier alpha value is -5.65. The maximum Gasteiger partial charge on any atom is 0.405 e. The summed E-state index contributed by atoms with van der Waals surface area (Å²) in [4.78, 5) is 82.0. The SMILES string of the molecule is COc1ccc(C(NC(=O)C(Cc2cccc(Cl)c2)NC(=O)CNC(=O)c2ccccn2)C(=O)NC(C(=O)C(F)(F)C(=O)NCC(F)(F)F)C(C)C)cc1. The van der Waals surface area contributed by atoms with E-state index in [1.165, 1.54) is 63.6 Å². The largest absolute Gasteiger partial charge is 0.497 e. The van der Waals surface area contributed by atoms with Crippen molar-refractivity contribution in [2.75, 3.05) is 20.2 Å². The smallest absolute Gasteiger partial charge is 0.405 e. The lowest BCUT2D eigenvalue weighted by Crippen LogP contribution is -2.59. The number of nitrogens with zero attached hydrogens (tertiary/aromatic N) is 1. The molecular formula is C35H36ClF5N6O7. The van der Waals surface area contributed by atoms with Crippen LogP contribution in [0, 0.1) is 5.92 Å². The first-order valence-electron chi connectivity index (χ1n) is 16.1. The molecule has 54 heavy (non-hydrogen) atoms. The molecule has 0 radical (unpaired) electrons. The number of ether oxygens (including phenoxy) is 1. The summed E-state index contributed by atoms with van der Waals surface area (Å²) in [6.07, 6.45) is -3.88. The van der Waals surface area contributed by atoms with Crippen molar-refractivity contribution < 1.29 is 55.5 Å². The molecule has 3 aromatic rings. The first kappa shape index (κ1) is 42.8.